The van der Waals surface area contributed by atoms with E-state index in [1.54, 1.807) is 37.6 Å². The number of nitro benzene ring substituents is 1. The Morgan fingerprint density at radius 3 is 2.72 bits per heavy atom. The number of nitrogens with zero attached hydrogens (tertiary/aromatic N) is 3. The minimum absolute atomic E-state index is 0.0915. The Morgan fingerprint density at radius 1 is 1.17 bits per heavy atom. The molecule has 146 valence electrons. The van der Waals surface area contributed by atoms with Crippen LogP contribution >= 0.6 is 23.4 Å². The number of hydrogen-bond donors (Lipinski definition) is 0. The van der Waals surface area contributed by atoms with Crippen molar-refractivity contribution in [2.75, 3.05) is 7.11 Å². The first kappa shape index (κ1) is 19.3. The van der Waals surface area contributed by atoms with Crippen LogP contribution in [0.5, 0.6) is 5.75 Å². The highest BCUT2D eigenvalue weighted by Crippen LogP contribution is 2.40. The molecule has 2 aromatic heterocycles. The van der Waals surface area contributed by atoms with Crippen molar-refractivity contribution in [1.29, 1.82) is 0 Å². The van der Waals surface area contributed by atoms with E-state index in [4.69, 9.17) is 16.3 Å². The van der Waals surface area contributed by atoms with Crippen LogP contribution in [-0.2, 0) is 6.54 Å². The van der Waals surface area contributed by atoms with E-state index in [1.807, 2.05) is 30.5 Å². The fourth-order valence-electron chi connectivity index (χ4n) is 3.09. The lowest BCUT2D eigenvalue weighted by Gasteiger charge is -2.06. The molecule has 0 bridgehead atoms. The summed E-state index contributed by atoms with van der Waals surface area (Å²) in [6.45, 7) is 0.589. The molecule has 4 rings (SSSR count). The Labute approximate surface area is 176 Å². The molecule has 0 aliphatic rings. The van der Waals surface area contributed by atoms with Gasteiger partial charge in [0.25, 0.3) is 5.69 Å². The summed E-state index contributed by atoms with van der Waals surface area (Å²) in [5.41, 5.74) is 2.06. The smallest absolute Gasteiger partial charge is 0.283 e. The van der Waals surface area contributed by atoms with Gasteiger partial charge in [-0.2, -0.15) is 0 Å². The number of nitro groups is 1. The van der Waals surface area contributed by atoms with E-state index in [0.717, 1.165) is 27.1 Å². The quantitative estimate of drug-likeness (QED) is 0.221. The fourth-order valence-corrected chi connectivity index (χ4v) is 4.29. The molecule has 0 radical (unpaired) electrons. The fraction of sp³-hybridized carbons (Fsp3) is 0.0952. The van der Waals surface area contributed by atoms with Gasteiger partial charge < -0.3 is 9.30 Å². The lowest BCUT2D eigenvalue weighted by molar-refractivity contribution is -0.387. The van der Waals surface area contributed by atoms with Gasteiger partial charge in [-0.25, -0.2) is 4.98 Å². The molecule has 0 N–H and O–H groups in total. The summed E-state index contributed by atoms with van der Waals surface area (Å²) in [6, 6.07) is 16.3. The van der Waals surface area contributed by atoms with Crippen LogP contribution in [0.3, 0.4) is 0 Å². The van der Waals surface area contributed by atoms with Gasteiger partial charge in [-0.3, -0.25) is 10.1 Å². The van der Waals surface area contributed by atoms with Crippen LogP contribution < -0.4 is 4.74 Å². The number of ether oxygens (including phenoxy) is 1. The van der Waals surface area contributed by atoms with Gasteiger partial charge in [-0.15, -0.1) is 0 Å². The molecule has 0 aliphatic carbocycles. The van der Waals surface area contributed by atoms with Crippen molar-refractivity contribution in [2.24, 2.45) is 0 Å². The van der Waals surface area contributed by atoms with E-state index in [0.29, 0.717) is 16.6 Å². The minimum Gasteiger partial charge on any atom is -0.497 e. The predicted octanol–water partition coefficient (Wildman–Crippen LogP) is 5.81. The average molecular weight is 426 g/mol. The summed E-state index contributed by atoms with van der Waals surface area (Å²) in [5.74, 6) is 0.744. The first-order valence-corrected chi connectivity index (χ1v) is 9.93. The minimum atomic E-state index is -0.357. The first-order chi connectivity index (χ1) is 14.0. The summed E-state index contributed by atoms with van der Waals surface area (Å²) in [5, 5.41) is 12.8. The Kier molecular flexibility index (Phi) is 5.42. The van der Waals surface area contributed by atoms with Crippen molar-refractivity contribution in [3.63, 3.8) is 0 Å². The maximum Gasteiger partial charge on any atom is 0.283 e. The molecule has 2 aromatic carbocycles. The lowest BCUT2D eigenvalue weighted by Crippen LogP contribution is -1.98. The Morgan fingerprint density at radius 2 is 2.00 bits per heavy atom. The van der Waals surface area contributed by atoms with Crippen LogP contribution in [0, 0.1) is 10.1 Å². The molecular weight excluding hydrogens is 410 g/mol. The van der Waals surface area contributed by atoms with Gasteiger partial charge in [0.1, 0.15) is 10.9 Å². The number of halogens is 1. The molecule has 29 heavy (non-hydrogen) atoms. The average Bonchev–Trinajstić information content (AvgIpc) is 3.06. The Bertz CT molecular complexity index is 1190. The normalized spacial score (nSPS) is 11.0. The third-order valence-corrected chi connectivity index (χ3v) is 5.81. The second-order valence-corrected chi connectivity index (χ2v) is 7.79. The molecule has 0 spiro atoms. The monoisotopic (exact) mass is 425 g/mol. The molecule has 0 amide bonds. The van der Waals surface area contributed by atoms with Crippen molar-refractivity contribution in [3.05, 3.63) is 87.8 Å². The summed E-state index contributed by atoms with van der Waals surface area (Å²) in [4.78, 5) is 16.7. The van der Waals surface area contributed by atoms with Crippen LogP contribution in [-0.4, -0.2) is 21.6 Å². The van der Waals surface area contributed by atoms with Crippen molar-refractivity contribution in [1.82, 2.24) is 9.55 Å². The number of fused-ring (bicyclic) bond motifs is 1. The molecule has 2 heterocycles. The number of benzene rings is 2. The van der Waals surface area contributed by atoms with E-state index in [1.165, 1.54) is 17.8 Å². The van der Waals surface area contributed by atoms with Crippen LogP contribution in [0.15, 0.2) is 76.8 Å². The van der Waals surface area contributed by atoms with Crippen LogP contribution in [0.4, 0.5) is 5.69 Å². The van der Waals surface area contributed by atoms with Gasteiger partial charge in [0, 0.05) is 41.4 Å². The van der Waals surface area contributed by atoms with Crippen molar-refractivity contribution >= 4 is 40.0 Å². The van der Waals surface area contributed by atoms with Gasteiger partial charge in [0.05, 0.1) is 22.4 Å². The zero-order valence-corrected chi connectivity index (χ0v) is 17.0. The third-order valence-electron chi connectivity index (χ3n) is 4.48. The highest BCUT2D eigenvalue weighted by Gasteiger charge is 2.17. The van der Waals surface area contributed by atoms with Crippen LogP contribution in [0.1, 0.15) is 5.56 Å². The number of rotatable bonds is 6. The summed E-state index contributed by atoms with van der Waals surface area (Å²) in [6.07, 6.45) is 3.74. The van der Waals surface area contributed by atoms with Crippen LogP contribution in [0.2, 0.25) is 5.15 Å². The second kappa shape index (κ2) is 8.14. The van der Waals surface area contributed by atoms with E-state index in [2.05, 4.69) is 9.55 Å². The molecule has 0 aliphatic heterocycles. The molecule has 6 nitrogen and oxygen atoms in total. The molecular formula is C21H16ClN3O3S. The molecule has 8 heteroatoms. The molecule has 0 saturated carbocycles. The topological polar surface area (TPSA) is 70.2 Å². The van der Waals surface area contributed by atoms with Gasteiger partial charge in [0.2, 0.25) is 0 Å². The van der Waals surface area contributed by atoms with E-state index < -0.39 is 0 Å². The zero-order valence-electron chi connectivity index (χ0n) is 15.4. The van der Waals surface area contributed by atoms with E-state index in [-0.39, 0.29) is 10.6 Å². The second-order valence-electron chi connectivity index (χ2n) is 6.32. The van der Waals surface area contributed by atoms with Crippen molar-refractivity contribution in [3.8, 4) is 5.75 Å². The zero-order chi connectivity index (χ0) is 20.4. The molecule has 0 atom stereocenters. The molecule has 0 fully saturated rings. The summed E-state index contributed by atoms with van der Waals surface area (Å²) >= 11 is 7.27. The van der Waals surface area contributed by atoms with Crippen LogP contribution in [0.25, 0.3) is 10.9 Å². The predicted molar refractivity (Wildman–Crippen MR) is 114 cm³/mol. The molecule has 0 unspecified atom stereocenters. The Balaban J connectivity index is 1.78. The lowest BCUT2D eigenvalue weighted by atomic mass is 10.2. The van der Waals surface area contributed by atoms with E-state index in [9.17, 15) is 10.1 Å². The molecule has 0 saturated heterocycles. The molecule has 4 aromatic rings. The number of pyridine rings is 1. The SMILES string of the molecule is COc1ccc2c(Sc3ccccc3[N+](=O)[O-])cn(Cc3ccc(Cl)nc3)c2c1. The highest BCUT2D eigenvalue weighted by atomic mass is 35.5. The first-order valence-electron chi connectivity index (χ1n) is 8.74. The number of methoxy groups -OCH3 is 1. The van der Waals surface area contributed by atoms with E-state index >= 15 is 0 Å². The Hall–Kier alpha value is -3.03. The van der Waals surface area contributed by atoms with Gasteiger partial charge in [-0.05, 0) is 29.8 Å². The van der Waals surface area contributed by atoms with Crippen molar-refractivity contribution < 1.29 is 9.66 Å². The van der Waals surface area contributed by atoms with Crippen molar-refractivity contribution in [2.45, 2.75) is 16.3 Å². The number of aromatic nitrogens is 2. The summed E-state index contributed by atoms with van der Waals surface area (Å²) < 4.78 is 7.47. The largest absolute Gasteiger partial charge is 0.497 e. The highest BCUT2D eigenvalue weighted by molar-refractivity contribution is 7.99. The maximum absolute atomic E-state index is 11.4. The maximum atomic E-state index is 11.4. The van der Waals surface area contributed by atoms with Gasteiger partial charge >= 0.3 is 0 Å². The van der Waals surface area contributed by atoms with Gasteiger partial charge in [0.15, 0.2) is 0 Å². The summed E-state index contributed by atoms with van der Waals surface area (Å²) in [7, 11) is 1.63. The number of hydrogen-bond acceptors (Lipinski definition) is 5. The standard InChI is InChI=1S/C21H16ClN3O3S/c1-28-15-7-8-16-18(10-15)24(12-14-6-9-21(22)23-11-14)13-20(16)29-19-5-3-2-4-17(19)25(26)27/h2-11,13H,12H2,1H3. The van der Waals surface area contributed by atoms with Gasteiger partial charge in [-0.1, -0.05) is 41.6 Å². The number of para-hydroxylation sites is 1. The third kappa shape index (κ3) is 4.06.